The van der Waals surface area contributed by atoms with Gasteiger partial charge in [0.25, 0.3) is 0 Å². The van der Waals surface area contributed by atoms with Gasteiger partial charge in [0.05, 0.1) is 0 Å². The molecule has 0 aliphatic rings. The fourth-order valence-electron chi connectivity index (χ4n) is 4.30. The third kappa shape index (κ3) is 9.98. The van der Waals surface area contributed by atoms with Gasteiger partial charge in [-0.15, -0.1) is 0 Å². The molecular formula is C27H46O2Sn2. The van der Waals surface area contributed by atoms with Crippen LogP contribution in [-0.2, 0) is 0 Å². The number of unbranched alkanes of at least 4 members (excludes halogenated alkanes) is 3. The summed E-state index contributed by atoms with van der Waals surface area (Å²) in [6, 6.07) is 16.0. The van der Waals surface area contributed by atoms with E-state index < -0.39 is 36.8 Å². The van der Waals surface area contributed by atoms with E-state index >= 15 is 0 Å². The summed E-state index contributed by atoms with van der Waals surface area (Å²) in [4.78, 5) is 6.89. The minimum atomic E-state index is -2.30. The molecule has 0 saturated carbocycles. The molecule has 2 N–H and O–H groups in total. The molecule has 0 heterocycles. The van der Waals surface area contributed by atoms with E-state index in [1.165, 1.54) is 55.4 Å². The fourth-order valence-corrected chi connectivity index (χ4v) is 24.4. The van der Waals surface area contributed by atoms with Crippen molar-refractivity contribution in [2.45, 2.75) is 87.4 Å². The number of rotatable bonds is 11. The van der Waals surface area contributed by atoms with Crippen molar-refractivity contribution in [3.8, 4) is 11.5 Å². The molecule has 2 rings (SSSR count). The number of para-hydroxylation sites is 1. The van der Waals surface area contributed by atoms with Crippen LogP contribution in [0.5, 0.6) is 11.5 Å². The van der Waals surface area contributed by atoms with E-state index in [4.69, 9.17) is 0 Å². The van der Waals surface area contributed by atoms with Crippen molar-refractivity contribution in [1.82, 2.24) is 0 Å². The quantitative estimate of drug-likeness (QED) is 0.252. The van der Waals surface area contributed by atoms with E-state index in [0.29, 0.717) is 11.5 Å². The van der Waals surface area contributed by atoms with Crippen molar-refractivity contribution in [3.63, 3.8) is 0 Å². The first-order chi connectivity index (χ1) is 14.7. The molecule has 2 nitrogen and oxygen atoms in total. The van der Waals surface area contributed by atoms with Crippen molar-refractivity contribution in [1.29, 1.82) is 0 Å². The van der Waals surface area contributed by atoms with Gasteiger partial charge in [0.1, 0.15) is 0 Å². The molecule has 31 heavy (non-hydrogen) atoms. The van der Waals surface area contributed by atoms with Crippen molar-refractivity contribution in [2.75, 3.05) is 0 Å². The van der Waals surface area contributed by atoms with E-state index in [0.717, 1.165) is 0 Å². The third-order valence-corrected chi connectivity index (χ3v) is 27.6. The van der Waals surface area contributed by atoms with E-state index in [1.807, 2.05) is 24.3 Å². The Morgan fingerprint density at radius 1 is 0.677 bits per heavy atom. The van der Waals surface area contributed by atoms with Crippen LogP contribution in [0.3, 0.4) is 0 Å². The van der Waals surface area contributed by atoms with Crippen LogP contribution in [0, 0.1) is 0 Å². The van der Waals surface area contributed by atoms with Gasteiger partial charge >= 0.3 is 202 Å². The average Bonchev–Trinajstić information content (AvgIpc) is 2.73. The molecule has 0 bridgehead atoms. The first-order valence-corrected chi connectivity index (χ1v) is 29.7. The average molecular weight is 640 g/mol. The Bertz CT molecular complexity index is 731. The normalized spacial score (nSPS) is 11.7. The fraction of sp³-hybridized carbons (Fsp3) is 0.556. The first-order valence-electron chi connectivity index (χ1n) is 12.3. The maximum absolute atomic E-state index is 9.89. The molecule has 0 radical (unpaired) electrons. The van der Waals surface area contributed by atoms with Gasteiger partial charge in [-0.25, -0.2) is 0 Å². The summed E-state index contributed by atoms with van der Waals surface area (Å²) in [6.45, 7) is 6.91. The third-order valence-electron chi connectivity index (χ3n) is 6.20. The Morgan fingerprint density at radius 2 is 1.19 bits per heavy atom. The minimum absolute atomic E-state index is 0.466. The number of phenolic OH excluding ortho intramolecular Hbond substituents is 2. The number of aromatic hydroxyl groups is 2. The number of hydrogen-bond acceptors (Lipinski definition) is 2. The summed E-state index contributed by atoms with van der Waals surface area (Å²) in [5.74, 6) is 0.948. The van der Waals surface area contributed by atoms with Crippen molar-refractivity contribution >= 4 is 43.9 Å². The molecule has 0 aromatic heterocycles. The van der Waals surface area contributed by atoms with Crippen LogP contribution in [0.4, 0.5) is 0 Å². The van der Waals surface area contributed by atoms with Crippen molar-refractivity contribution < 1.29 is 10.2 Å². The summed E-state index contributed by atoms with van der Waals surface area (Å²) in [6.07, 6.45) is 8.03. The molecular weight excluding hydrogens is 594 g/mol. The van der Waals surface area contributed by atoms with Gasteiger partial charge in [0.2, 0.25) is 0 Å². The summed E-state index contributed by atoms with van der Waals surface area (Å²) in [7, 11) is 0. The van der Waals surface area contributed by atoms with Crippen LogP contribution in [0.2, 0.25) is 28.1 Å². The van der Waals surface area contributed by atoms with E-state index in [-0.39, 0.29) is 0 Å². The molecule has 0 unspecified atom stereocenters. The predicted molar refractivity (Wildman–Crippen MR) is 144 cm³/mol. The van der Waals surface area contributed by atoms with Crippen LogP contribution in [0.15, 0.2) is 48.5 Å². The molecule has 0 aliphatic carbocycles. The zero-order chi connectivity index (χ0) is 23.3. The molecule has 0 aliphatic heterocycles. The van der Waals surface area contributed by atoms with Gasteiger partial charge in [-0.05, 0) is 0 Å². The molecule has 174 valence electrons. The van der Waals surface area contributed by atoms with Gasteiger partial charge in [-0.2, -0.15) is 0 Å². The molecule has 2 aromatic rings. The van der Waals surface area contributed by atoms with Crippen LogP contribution >= 0.6 is 0 Å². The second-order valence-electron chi connectivity index (χ2n) is 9.91. The Labute approximate surface area is 200 Å². The van der Waals surface area contributed by atoms with Gasteiger partial charge < -0.3 is 0 Å². The summed E-state index contributed by atoms with van der Waals surface area (Å²) < 4.78 is 7.18. The SMILES string of the molecule is CCC[CH2][Sn]([CH2]CCC)([CH2]CCC)[c]1cccc(O)c1.[CH3][Sn]([CH3])([CH3])[c]1ccccc1O. The monoisotopic (exact) mass is 642 g/mol. The first kappa shape index (κ1) is 28.7. The van der Waals surface area contributed by atoms with E-state index in [2.05, 4.69) is 53.8 Å². The van der Waals surface area contributed by atoms with Crippen molar-refractivity contribution in [2.24, 2.45) is 0 Å². The molecule has 0 amide bonds. The van der Waals surface area contributed by atoms with Crippen LogP contribution < -0.4 is 7.16 Å². The predicted octanol–water partition coefficient (Wildman–Crippen LogP) is 7.39. The summed E-state index contributed by atoms with van der Waals surface area (Å²) >= 11 is -4.32. The molecule has 4 heteroatoms. The van der Waals surface area contributed by atoms with Gasteiger partial charge in [-0.1, -0.05) is 0 Å². The molecule has 2 aromatic carbocycles. The second kappa shape index (κ2) is 14.7. The Morgan fingerprint density at radius 3 is 1.58 bits per heavy atom. The molecule has 0 spiro atoms. The Kier molecular flexibility index (Phi) is 13.6. The van der Waals surface area contributed by atoms with Crippen LogP contribution in [0.25, 0.3) is 0 Å². The van der Waals surface area contributed by atoms with E-state index in [1.54, 1.807) is 9.65 Å². The number of hydrogen-bond donors (Lipinski definition) is 2. The van der Waals surface area contributed by atoms with Crippen LogP contribution in [-0.4, -0.2) is 47.0 Å². The molecule has 0 fully saturated rings. The summed E-state index contributed by atoms with van der Waals surface area (Å²) in [5, 5.41) is 19.4. The van der Waals surface area contributed by atoms with Crippen molar-refractivity contribution in [3.05, 3.63) is 48.5 Å². The Hall–Kier alpha value is -0.363. The van der Waals surface area contributed by atoms with Gasteiger partial charge in [0.15, 0.2) is 0 Å². The van der Waals surface area contributed by atoms with Gasteiger partial charge in [0, 0.05) is 0 Å². The second-order valence-corrected chi connectivity index (χ2v) is 37.5. The standard InChI is InChI=1S/2C6H5O.3C4H9.3CH3.2Sn/c2*7-6-4-2-1-3-5-6;3*1-3-4-2;;;;;/h1-2,4-5,7H;1-4,7H;3*1,3-4H2,2H3;3*1H3;;. The zero-order valence-electron chi connectivity index (χ0n) is 20.9. The zero-order valence-corrected chi connectivity index (χ0v) is 26.6. The number of benzene rings is 2. The molecule has 0 saturated heterocycles. The topological polar surface area (TPSA) is 40.5 Å². The van der Waals surface area contributed by atoms with Crippen LogP contribution in [0.1, 0.15) is 59.3 Å². The Balaban J connectivity index is 0.000000367. The summed E-state index contributed by atoms with van der Waals surface area (Å²) in [5.41, 5.74) is 0. The van der Waals surface area contributed by atoms with E-state index in [9.17, 15) is 10.2 Å². The molecule has 0 atom stereocenters. The number of phenols is 2. The maximum atomic E-state index is 9.89. The van der Waals surface area contributed by atoms with Gasteiger partial charge in [-0.3, -0.25) is 0 Å².